The molecule has 2 aromatic rings. The molecule has 2 rings (SSSR count). The normalized spacial score (nSPS) is 12.0. The van der Waals surface area contributed by atoms with Gasteiger partial charge in [0, 0.05) is 23.5 Å². The quantitative estimate of drug-likeness (QED) is 0.911. The number of carbonyl (C=O) groups excluding carboxylic acids is 1. The summed E-state index contributed by atoms with van der Waals surface area (Å²) in [5.74, 6) is -0.0288. The van der Waals surface area contributed by atoms with Crippen LogP contribution < -0.4 is 11.1 Å². The maximum atomic E-state index is 11.9. The minimum atomic E-state index is -0.0288. The van der Waals surface area contributed by atoms with Crippen LogP contribution in [0, 0.1) is 13.8 Å². The smallest absolute Gasteiger partial charge is 0.224 e. The SMILES string of the molecule is Cc1cc2occ(CC(=O)N[C@@H](C)CN)c2cc1C.Cl. The number of hydrogen-bond acceptors (Lipinski definition) is 3. The van der Waals surface area contributed by atoms with Crippen molar-refractivity contribution < 1.29 is 9.21 Å². The van der Waals surface area contributed by atoms with Crippen LogP contribution in [0.4, 0.5) is 0 Å². The van der Waals surface area contributed by atoms with Crippen LogP contribution in [0.5, 0.6) is 0 Å². The summed E-state index contributed by atoms with van der Waals surface area (Å²) in [6.45, 7) is 6.43. The van der Waals surface area contributed by atoms with Gasteiger partial charge in [0.25, 0.3) is 0 Å². The molecule has 110 valence electrons. The third kappa shape index (κ3) is 3.52. The Kier molecular flexibility index (Phi) is 5.60. The van der Waals surface area contributed by atoms with Gasteiger partial charge in [0.2, 0.25) is 5.91 Å². The molecule has 5 heteroatoms. The second-order valence-electron chi connectivity index (χ2n) is 5.07. The van der Waals surface area contributed by atoms with Gasteiger partial charge in [-0.05, 0) is 44.0 Å². The predicted molar refractivity (Wildman–Crippen MR) is 83.3 cm³/mol. The molecule has 3 N–H and O–H groups in total. The molecule has 0 bridgehead atoms. The first kappa shape index (κ1) is 16.5. The predicted octanol–water partition coefficient (Wildman–Crippen LogP) is 2.48. The van der Waals surface area contributed by atoms with E-state index in [1.807, 2.05) is 19.9 Å². The van der Waals surface area contributed by atoms with Crippen molar-refractivity contribution in [1.82, 2.24) is 5.32 Å². The van der Waals surface area contributed by atoms with Gasteiger partial charge < -0.3 is 15.5 Å². The third-order valence-corrected chi connectivity index (χ3v) is 3.38. The zero-order valence-corrected chi connectivity index (χ0v) is 12.8. The lowest BCUT2D eigenvalue weighted by atomic mass is 10.0. The molecule has 0 aliphatic carbocycles. The van der Waals surface area contributed by atoms with Gasteiger partial charge in [-0.3, -0.25) is 4.79 Å². The van der Waals surface area contributed by atoms with E-state index in [0.717, 1.165) is 16.5 Å². The lowest BCUT2D eigenvalue weighted by molar-refractivity contribution is -0.120. The number of amides is 1. The molecule has 1 aromatic carbocycles. The fourth-order valence-corrected chi connectivity index (χ4v) is 2.03. The van der Waals surface area contributed by atoms with Crippen LogP contribution in [0.25, 0.3) is 11.0 Å². The van der Waals surface area contributed by atoms with Crippen LogP contribution in [0.2, 0.25) is 0 Å². The van der Waals surface area contributed by atoms with Gasteiger partial charge in [0.1, 0.15) is 5.58 Å². The molecule has 1 aromatic heterocycles. The topological polar surface area (TPSA) is 68.3 Å². The number of aryl methyl sites for hydroxylation is 2. The van der Waals surface area contributed by atoms with E-state index >= 15 is 0 Å². The number of hydrogen-bond donors (Lipinski definition) is 2. The standard InChI is InChI=1S/C15H20N2O2.ClH/c1-9-4-13-12(6-15(18)17-11(3)7-16)8-19-14(13)5-10(9)2;/h4-5,8,11H,6-7,16H2,1-3H3,(H,17,18);1H/t11-;/m0./s1. The highest BCUT2D eigenvalue weighted by Gasteiger charge is 2.12. The van der Waals surface area contributed by atoms with E-state index in [9.17, 15) is 4.79 Å². The maximum absolute atomic E-state index is 11.9. The van der Waals surface area contributed by atoms with Crippen molar-refractivity contribution in [2.24, 2.45) is 5.73 Å². The first-order valence-corrected chi connectivity index (χ1v) is 6.48. The molecule has 0 saturated carbocycles. The maximum Gasteiger partial charge on any atom is 0.224 e. The average molecular weight is 297 g/mol. The number of halogens is 1. The van der Waals surface area contributed by atoms with Crippen molar-refractivity contribution in [3.63, 3.8) is 0 Å². The molecule has 1 amide bonds. The summed E-state index contributed by atoms with van der Waals surface area (Å²) >= 11 is 0. The van der Waals surface area contributed by atoms with Crippen LogP contribution in [-0.4, -0.2) is 18.5 Å². The summed E-state index contributed by atoms with van der Waals surface area (Å²) in [5.41, 5.74) is 9.62. The van der Waals surface area contributed by atoms with Crippen LogP contribution in [0.15, 0.2) is 22.8 Å². The zero-order chi connectivity index (χ0) is 14.0. The molecule has 1 heterocycles. The number of carbonyl (C=O) groups is 1. The van der Waals surface area contributed by atoms with Crippen LogP contribution in [-0.2, 0) is 11.2 Å². The fourth-order valence-electron chi connectivity index (χ4n) is 2.03. The average Bonchev–Trinajstić information content (AvgIpc) is 2.72. The molecule has 4 nitrogen and oxygen atoms in total. The molecule has 0 radical (unpaired) electrons. The highest BCUT2D eigenvalue weighted by atomic mass is 35.5. The summed E-state index contributed by atoms with van der Waals surface area (Å²) < 4.78 is 5.51. The molecule has 0 aliphatic rings. The van der Waals surface area contributed by atoms with Crippen LogP contribution >= 0.6 is 12.4 Å². The van der Waals surface area contributed by atoms with Gasteiger partial charge in [-0.25, -0.2) is 0 Å². The van der Waals surface area contributed by atoms with E-state index < -0.39 is 0 Å². The molecular formula is C15H21ClN2O2. The molecule has 0 fully saturated rings. The van der Waals surface area contributed by atoms with Crippen LogP contribution in [0.3, 0.4) is 0 Å². The van der Waals surface area contributed by atoms with Gasteiger partial charge in [-0.2, -0.15) is 0 Å². The van der Waals surface area contributed by atoms with Crippen molar-refractivity contribution in [2.45, 2.75) is 33.2 Å². The molecule has 0 unspecified atom stereocenters. The van der Waals surface area contributed by atoms with Crippen molar-refractivity contribution >= 4 is 29.3 Å². The highest BCUT2D eigenvalue weighted by Crippen LogP contribution is 2.25. The Labute approximate surface area is 125 Å². The summed E-state index contributed by atoms with van der Waals surface area (Å²) in [7, 11) is 0. The van der Waals surface area contributed by atoms with Gasteiger partial charge in [-0.15, -0.1) is 12.4 Å². The first-order chi connectivity index (χ1) is 9.01. The van der Waals surface area contributed by atoms with Crippen LogP contribution in [0.1, 0.15) is 23.6 Å². The third-order valence-electron chi connectivity index (χ3n) is 3.38. The lowest BCUT2D eigenvalue weighted by Gasteiger charge is -2.10. The largest absolute Gasteiger partial charge is 0.464 e. The van der Waals surface area contributed by atoms with Crippen molar-refractivity contribution in [2.75, 3.05) is 6.54 Å². The highest BCUT2D eigenvalue weighted by molar-refractivity contribution is 5.88. The van der Waals surface area contributed by atoms with E-state index in [1.165, 1.54) is 11.1 Å². The lowest BCUT2D eigenvalue weighted by Crippen LogP contribution is -2.38. The van der Waals surface area contributed by atoms with E-state index in [4.69, 9.17) is 10.2 Å². The minimum Gasteiger partial charge on any atom is -0.464 e. The molecule has 0 spiro atoms. The molecule has 20 heavy (non-hydrogen) atoms. The second-order valence-corrected chi connectivity index (χ2v) is 5.07. The Balaban J connectivity index is 0.00000200. The molecule has 1 atom stereocenters. The van der Waals surface area contributed by atoms with Crippen molar-refractivity contribution in [3.8, 4) is 0 Å². The Hall–Kier alpha value is -1.52. The van der Waals surface area contributed by atoms with E-state index in [2.05, 4.69) is 18.3 Å². The Morgan fingerprint density at radius 1 is 1.35 bits per heavy atom. The number of benzene rings is 1. The van der Waals surface area contributed by atoms with E-state index in [1.54, 1.807) is 6.26 Å². The second kappa shape index (κ2) is 6.77. The van der Waals surface area contributed by atoms with Crippen molar-refractivity contribution in [1.29, 1.82) is 0 Å². The number of furan rings is 1. The molecular weight excluding hydrogens is 276 g/mol. The van der Waals surface area contributed by atoms with Gasteiger partial charge in [-0.1, -0.05) is 0 Å². The van der Waals surface area contributed by atoms with Crippen molar-refractivity contribution in [3.05, 3.63) is 35.1 Å². The number of nitrogens with two attached hydrogens (primary N) is 1. The number of nitrogens with one attached hydrogen (secondary N) is 1. The Bertz CT molecular complexity index is 607. The van der Waals surface area contributed by atoms with E-state index in [-0.39, 0.29) is 24.4 Å². The summed E-state index contributed by atoms with van der Waals surface area (Å²) in [5, 5.41) is 3.87. The Morgan fingerprint density at radius 2 is 2.00 bits per heavy atom. The number of rotatable bonds is 4. The zero-order valence-electron chi connectivity index (χ0n) is 12.0. The first-order valence-electron chi connectivity index (χ1n) is 6.48. The monoisotopic (exact) mass is 296 g/mol. The number of fused-ring (bicyclic) bond motifs is 1. The van der Waals surface area contributed by atoms with E-state index in [0.29, 0.717) is 13.0 Å². The summed E-state index contributed by atoms with van der Waals surface area (Å²) in [4.78, 5) is 11.9. The fraction of sp³-hybridized carbons (Fsp3) is 0.400. The molecule has 0 saturated heterocycles. The summed E-state index contributed by atoms with van der Waals surface area (Å²) in [6.07, 6.45) is 1.98. The van der Waals surface area contributed by atoms with Gasteiger partial charge >= 0.3 is 0 Å². The Morgan fingerprint density at radius 3 is 2.65 bits per heavy atom. The minimum absolute atomic E-state index is 0. The molecule has 0 aliphatic heterocycles. The summed E-state index contributed by atoms with van der Waals surface area (Å²) in [6, 6.07) is 4.08. The van der Waals surface area contributed by atoms with Gasteiger partial charge in [0.15, 0.2) is 0 Å². The van der Waals surface area contributed by atoms with Gasteiger partial charge in [0.05, 0.1) is 12.7 Å².